The number of hydrogen-bond acceptors (Lipinski definition) is 3. The van der Waals surface area contributed by atoms with Crippen molar-refractivity contribution in [2.45, 2.75) is 6.54 Å². The Morgan fingerprint density at radius 2 is 1.95 bits per heavy atom. The van der Waals surface area contributed by atoms with E-state index in [4.69, 9.17) is 34.8 Å². The SMILES string of the molecule is Clc1cccc(Cn2cnc3c(Cl)nc(Cl)nc32)c1. The summed E-state index contributed by atoms with van der Waals surface area (Å²) in [6.45, 7) is 0.584. The van der Waals surface area contributed by atoms with Crippen LogP contribution in [0.25, 0.3) is 11.2 Å². The zero-order valence-electron chi connectivity index (χ0n) is 9.52. The molecule has 0 N–H and O–H groups in total. The van der Waals surface area contributed by atoms with E-state index in [0.717, 1.165) is 5.56 Å². The molecule has 2 aromatic heterocycles. The molecule has 7 heteroatoms. The number of halogens is 3. The van der Waals surface area contributed by atoms with Crippen LogP contribution < -0.4 is 0 Å². The van der Waals surface area contributed by atoms with E-state index >= 15 is 0 Å². The molecule has 0 atom stereocenters. The highest BCUT2D eigenvalue weighted by Crippen LogP contribution is 2.21. The third kappa shape index (κ3) is 2.52. The van der Waals surface area contributed by atoms with Crippen molar-refractivity contribution < 1.29 is 0 Å². The highest BCUT2D eigenvalue weighted by molar-refractivity contribution is 6.35. The summed E-state index contributed by atoms with van der Waals surface area (Å²) in [6, 6.07) is 7.58. The molecule has 19 heavy (non-hydrogen) atoms. The number of nitrogens with zero attached hydrogens (tertiary/aromatic N) is 4. The third-order valence-electron chi connectivity index (χ3n) is 2.64. The summed E-state index contributed by atoms with van der Waals surface area (Å²) in [6.07, 6.45) is 1.66. The molecule has 0 aliphatic carbocycles. The molecule has 0 fully saturated rings. The van der Waals surface area contributed by atoms with Gasteiger partial charge in [0.25, 0.3) is 0 Å². The lowest BCUT2D eigenvalue weighted by molar-refractivity contribution is 0.813. The van der Waals surface area contributed by atoms with E-state index < -0.39 is 0 Å². The normalized spacial score (nSPS) is 11.1. The Bertz CT molecular complexity index is 754. The van der Waals surface area contributed by atoms with Crippen molar-refractivity contribution in [3.8, 4) is 0 Å². The molecule has 2 heterocycles. The predicted molar refractivity (Wildman–Crippen MR) is 75.9 cm³/mol. The molecule has 3 aromatic rings. The second-order valence-electron chi connectivity index (χ2n) is 3.96. The van der Waals surface area contributed by atoms with Crippen LogP contribution in [0.4, 0.5) is 0 Å². The Labute approximate surface area is 124 Å². The Morgan fingerprint density at radius 1 is 1.11 bits per heavy atom. The van der Waals surface area contributed by atoms with Gasteiger partial charge in [-0.3, -0.25) is 0 Å². The maximum atomic E-state index is 5.97. The summed E-state index contributed by atoms with van der Waals surface area (Å²) >= 11 is 17.7. The minimum Gasteiger partial charge on any atom is -0.311 e. The van der Waals surface area contributed by atoms with Gasteiger partial charge >= 0.3 is 0 Å². The maximum Gasteiger partial charge on any atom is 0.225 e. The van der Waals surface area contributed by atoms with E-state index in [-0.39, 0.29) is 10.4 Å². The van der Waals surface area contributed by atoms with Gasteiger partial charge in [-0.25, -0.2) is 9.97 Å². The zero-order chi connectivity index (χ0) is 13.4. The molecule has 4 nitrogen and oxygen atoms in total. The number of rotatable bonds is 2. The van der Waals surface area contributed by atoms with E-state index in [1.807, 2.05) is 28.8 Å². The first kappa shape index (κ1) is 12.7. The lowest BCUT2D eigenvalue weighted by Gasteiger charge is -2.04. The van der Waals surface area contributed by atoms with Gasteiger partial charge < -0.3 is 4.57 Å². The van der Waals surface area contributed by atoms with Crippen LogP contribution in [0.1, 0.15) is 5.56 Å². The number of hydrogen-bond donors (Lipinski definition) is 0. The van der Waals surface area contributed by atoms with Gasteiger partial charge in [-0.05, 0) is 29.3 Å². The van der Waals surface area contributed by atoms with Crippen LogP contribution in [0.2, 0.25) is 15.5 Å². The molecule has 0 unspecified atom stereocenters. The summed E-state index contributed by atoms with van der Waals surface area (Å²) < 4.78 is 1.85. The topological polar surface area (TPSA) is 43.6 Å². The lowest BCUT2D eigenvalue weighted by atomic mass is 10.2. The molecule has 1 aromatic carbocycles. The first-order valence-electron chi connectivity index (χ1n) is 5.42. The van der Waals surface area contributed by atoms with Crippen LogP contribution in [0.5, 0.6) is 0 Å². The highest BCUT2D eigenvalue weighted by Gasteiger charge is 2.11. The molecule has 0 aliphatic heterocycles. The predicted octanol–water partition coefficient (Wildman–Crippen LogP) is 3.83. The van der Waals surface area contributed by atoms with Crippen molar-refractivity contribution in [1.82, 2.24) is 19.5 Å². The van der Waals surface area contributed by atoms with E-state index in [1.54, 1.807) is 6.33 Å². The maximum absolute atomic E-state index is 5.97. The first-order valence-corrected chi connectivity index (χ1v) is 6.55. The van der Waals surface area contributed by atoms with Crippen molar-refractivity contribution in [1.29, 1.82) is 0 Å². The second kappa shape index (κ2) is 4.96. The van der Waals surface area contributed by atoms with Gasteiger partial charge in [0.1, 0.15) is 5.52 Å². The standard InChI is InChI=1S/C12H7Cl3N4/c13-8-3-1-2-7(4-8)5-19-6-16-9-10(14)17-12(15)18-11(9)19/h1-4,6H,5H2. The summed E-state index contributed by atoms with van der Waals surface area (Å²) in [5.74, 6) is 0. The van der Waals surface area contributed by atoms with E-state index in [2.05, 4.69) is 15.0 Å². The van der Waals surface area contributed by atoms with Crippen LogP contribution in [0.15, 0.2) is 30.6 Å². The zero-order valence-corrected chi connectivity index (χ0v) is 11.8. The van der Waals surface area contributed by atoms with Crippen LogP contribution in [-0.4, -0.2) is 19.5 Å². The Balaban J connectivity index is 2.06. The Kier molecular flexibility index (Phi) is 3.31. The Hall–Kier alpha value is -1.36. The molecule has 0 saturated carbocycles. The van der Waals surface area contributed by atoms with E-state index in [9.17, 15) is 0 Å². The molecule has 0 saturated heterocycles. The fraction of sp³-hybridized carbons (Fsp3) is 0.0833. The summed E-state index contributed by atoms with van der Waals surface area (Å²) in [5, 5.41) is 1.04. The van der Waals surface area contributed by atoms with Crippen molar-refractivity contribution in [3.63, 3.8) is 0 Å². The summed E-state index contributed by atoms with van der Waals surface area (Å²) in [5.41, 5.74) is 2.18. The highest BCUT2D eigenvalue weighted by atomic mass is 35.5. The molecule has 0 bridgehead atoms. The van der Waals surface area contributed by atoms with Crippen molar-refractivity contribution in [3.05, 3.63) is 51.6 Å². The van der Waals surface area contributed by atoms with E-state index in [1.165, 1.54) is 0 Å². The smallest absolute Gasteiger partial charge is 0.225 e. The second-order valence-corrected chi connectivity index (χ2v) is 5.09. The number of imidazole rings is 1. The molecule has 0 spiro atoms. The number of fused-ring (bicyclic) bond motifs is 1. The van der Waals surface area contributed by atoms with Crippen molar-refractivity contribution in [2.75, 3.05) is 0 Å². The first-order chi connectivity index (χ1) is 9.13. The monoisotopic (exact) mass is 312 g/mol. The molecular formula is C12H7Cl3N4. The van der Waals surface area contributed by atoms with Crippen LogP contribution in [0, 0.1) is 0 Å². The van der Waals surface area contributed by atoms with Gasteiger partial charge in [-0.1, -0.05) is 35.3 Å². The Morgan fingerprint density at radius 3 is 2.74 bits per heavy atom. The molecule has 0 radical (unpaired) electrons. The van der Waals surface area contributed by atoms with Gasteiger partial charge in [0.2, 0.25) is 5.28 Å². The van der Waals surface area contributed by atoms with Gasteiger partial charge in [0.15, 0.2) is 10.8 Å². The average Bonchev–Trinajstić information content (AvgIpc) is 2.73. The third-order valence-corrected chi connectivity index (χ3v) is 3.30. The minimum absolute atomic E-state index is 0.102. The fourth-order valence-corrected chi connectivity index (χ4v) is 2.47. The largest absolute Gasteiger partial charge is 0.311 e. The number of aromatic nitrogens is 4. The summed E-state index contributed by atoms with van der Waals surface area (Å²) in [4.78, 5) is 12.2. The van der Waals surface area contributed by atoms with Crippen molar-refractivity contribution in [2.24, 2.45) is 0 Å². The van der Waals surface area contributed by atoms with Crippen LogP contribution in [-0.2, 0) is 6.54 Å². The average molecular weight is 314 g/mol. The fourth-order valence-electron chi connectivity index (χ4n) is 1.83. The molecule has 0 aliphatic rings. The quantitative estimate of drug-likeness (QED) is 0.533. The van der Waals surface area contributed by atoms with E-state index in [0.29, 0.717) is 22.7 Å². The molecule has 96 valence electrons. The molecular weight excluding hydrogens is 307 g/mol. The molecule has 3 rings (SSSR count). The van der Waals surface area contributed by atoms with Crippen LogP contribution >= 0.6 is 34.8 Å². The number of benzene rings is 1. The molecule has 0 amide bonds. The van der Waals surface area contributed by atoms with Crippen LogP contribution in [0.3, 0.4) is 0 Å². The van der Waals surface area contributed by atoms with Crippen molar-refractivity contribution >= 4 is 46.0 Å². The van der Waals surface area contributed by atoms with Gasteiger partial charge in [0.05, 0.1) is 12.9 Å². The summed E-state index contributed by atoms with van der Waals surface area (Å²) in [7, 11) is 0. The lowest BCUT2D eigenvalue weighted by Crippen LogP contribution is -2.00. The minimum atomic E-state index is 0.102. The van der Waals surface area contributed by atoms with Gasteiger partial charge in [-0.15, -0.1) is 0 Å². The van der Waals surface area contributed by atoms with Gasteiger partial charge in [-0.2, -0.15) is 4.98 Å². The van der Waals surface area contributed by atoms with Gasteiger partial charge in [0, 0.05) is 5.02 Å².